The highest BCUT2D eigenvalue weighted by molar-refractivity contribution is 8.01. The molecule has 0 atom stereocenters. The standard InChI is InChI=1S/C12H10N4OS2/c1-8-15-16-12(19-8)18-7-11(17)14-10-5-3-2-4-9(10)6-13/h2-5H,7H2,1H3,(H,14,17). The number of nitrogens with one attached hydrogen (secondary N) is 1. The Hall–Kier alpha value is -1.91. The maximum absolute atomic E-state index is 11.8. The highest BCUT2D eigenvalue weighted by Gasteiger charge is 2.08. The van der Waals surface area contributed by atoms with Crippen LogP contribution in [-0.4, -0.2) is 21.9 Å². The molecule has 0 aliphatic carbocycles. The normalized spacial score (nSPS) is 9.89. The number of anilines is 1. The summed E-state index contributed by atoms with van der Waals surface area (Å²) in [7, 11) is 0. The molecule has 0 fully saturated rings. The molecule has 96 valence electrons. The Morgan fingerprint density at radius 3 is 2.95 bits per heavy atom. The maximum Gasteiger partial charge on any atom is 0.234 e. The molecule has 0 bridgehead atoms. The van der Waals surface area contributed by atoms with Crippen LogP contribution in [0.25, 0.3) is 0 Å². The van der Waals surface area contributed by atoms with E-state index >= 15 is 0 Å². The van der Waals surface area contributed by atoms with Gasteiger partial charge in [0.2, 0.25) is 5.91 Å². The Morgan fingerprint density at radius 2 is 2.26 bits per heavy atom. The van der Waals surface area contributed by atoms with Gasteiger partial charge in [-0.25, -0.2) is 0 Å². The number of hydrogen-bond donors (Lipinski definition) is 1. The van der Waals surface area contributed by atoms with Crippen LogP contribution in [0.15, 0.2) is 28.6 Å². The third kappa shape index (κ3) is 3.77. The second kappa shape index (κ2) is 6.31. The van der Waals surface area contributed by atoms with Crippen LogP contribution in [0.1, 0.15) is 10.6 Å². The van der Waals surface area contributed by atoms with Gasteiger partial charge in [-0.1, -0.05) is 35.2 Å². The summed E-state index contributed by atoms with van der Waals surface area (Å²) < 4.78 is 0.765. The van der Waals surface area contributed by atoms with E-state index in [1.807, 2.05) is 13.0 Å². The molecule has 19 heavy (non-hydrogen) atoms. The largest absolute Gasteiger partial charge is 0.324 e. The number of aromatic nitrogens is 2. The van der Waals surface area contributed by atoms with Crippen LogP contribution in [-0.2, 0) is 4.79 Å². The van der Waals surface area contributed by atoms with E-state index in [0.29, 0.717) is 11.3 Å². The molecule has 0 radical (unpaired) electrons. The summed E-state index contributed by atoms with van der Waals surface area (Å²) in [4.78, 5) is 11.8. The maximum atomic E-state index is 11.8. The van der Waals surface area contributed by atoms with Crippen molar-refractivity contribution < 1.29 is 4.79 Å². The van der Waals surface area contributed by atoms with Crippen LogP contribution in [0.2, 0.25) is 0 Å². The first-order valence-electron chi connectivity index (χ1n) is 5.41. The van der Waals surface area contributed by atoms with Crippen LogP contribution < -0.4 is 5.32 Å². The average Bonchev–Trinajstić information content (AvgIpc) is 2.83. The van der Waals surface area contributed by atoms with Crippen LogP contribution in [0.4, 0.5) is 5.69 Å². The Bertz CT molecular complexity index is 633. The average molecular weight is 290 g/mol. The molecular formula is C12H10N4OS2. The number of para-hydroxylation sites is 1. The number of benzene rings is 1. The molecule has 1 heterocycles. The van der Waals surface area contributed by atoms with Crippen LogP contribution in [0.5, 0.6) is 0 Å². The van der Waals surface area contributed by atoms with Gasteiger partial charge in [0.05, 0.1) is 17.0 Å². The molecule has 0 saturated carbocycles. The molecule has 2 rings (SSSR count). The van der Waals surface area contributed by atoms with Gasteiger partial charge in [0.1, 0.15) is 11.1 Å². The predicted octanol–water partition coefficient (Wildman–Crippen LogP) is 2.45. The first-order valence-corrected chi connectivity index (χ1v) is 7.21. The van der Waals surface area contributed by atoms with Crippen LogP contribution in [0.3, 0.4) is 0 Å². The molecule has 1 aromatic carbocycles. The Kier molecular flexibility index (Phi) is 4.49. The number of hydrogen-bond acceptors (Lipinski definition) is 6. The molecule has 1 N–H and O–H groups in total. The zero-order valence-electron chi connectivity index (χ0n) is 10.1. The van der Waals surface area contributed by atoms with Gasteiger partial charge >= 0.3 is 0 Å². The first kappa shape index (κ1) is 13.5. The van der Waals surface area contributed by atoms with Crippen molar-refractivity contribution in [3.63, 3.8) is 0 Å². The summed E-state index contributed by atoms with van der Waals surface area (Å²) in [5.74, 6) is 0.0783. The number of carbonyl (C=O) groups excluding carboxylic acids is 1. The van der Waals surface area contributed by atoms with Gasteiger partial charge in [0.15, 0.2) is 4.34 Å². The van der Waals surface area contributed by atoms with Gasteiger partial charge in [0.25, 0.3) is 0 Å². The molecule has 5 nitrogen and oxygen atoms in total. The van der Waals surface area contributed by atoms with Gasteiger partial charge < -0.3 is 5.32 Å². The van der Waals surface area contributed by atoms with E-state index in [1.165, 1.54) is 23.1 Å². The first-order chi connectivity index (χ1) is 9.19. The summed E-state index contributed by atoms with van der Waals surface area (Å²) in [5, 5.41) is 20.3. The van der Waals surface area contributed by atoms with E-state index < -0.39 is 0 Å². The van der Waals surface area contributed by atoms with Crippen molar-refractivity contribution >= 4 is 34.7 Å². The van der Waals surface area contributed by atoms with Crippen molar-refractivity contribution in [3.8, 4) is 6.07 Å². The van der Waals surface area contributed by atoms with Crippen molar-refractivity contribution in [2.75, 3.05) is 11.1 Å². The quantitative estimate of drug-likeness (QED) is 0.875. The molecule has 0 aliphatic heterocycles. The lowest BCUT2D eigenvalue weighted by Gasteiger charge is -2.05. The van der Waals surface area contributed by atoms with Crippen molar-refractivity contribution in [3.05, 3.63) is 34.8 Å². The van der Waals surface area contributed by atoms with E-state index in [1.54, 1.807) is 24.3 Å². The topological polar surface area (TPSA) is 78.7 Å². The molecule has 7 heteroatoms. The van der Waals surface area contributed by atoms with Crippen molar-refractivity contribution in [2.45, 2.75) is 11.3 Å². The van der Waals surface area contributed by atoms with Gasteiger partial charge in [-0.2, -0.15) is 5.26 Å². The Balaban J connectivity index is 1.93. The molecule has 0 aliphatic rings. The number of nitrogens with zero attached hydrogens (tertiary/aromatic N) is 3. The van der Waals surface area contributed by atoms with Crippen molar-refractivity contribution in [1.29, 1.82) is 5.26 Å². The summed E-state index contributed by atoms with van der Waals surface area (Å²) >= 11 is 2.78. The third-order valence-corrected chi connectivity index (χ3v) is 4.13. The fourth-order valence-electron chi connectivity index (χ4n) is 1.34. The summed E-state index contributed by atoms with van der Waals surface area (Å²) in [5.41, 5.74) is 0.983. The number of thioether (sulfide) groups is 1. The number of aryl methyl sites for hydroxylation is 1. The van der Waals surface area contributed by atoms with E-state index in [-0.39, 0.29) is 11.7 Å². The van der Waals surface area contributed by atoms with Gasteiger partial charge in [-0.15, -0.1) is 10.2 Å². The minimum Gasteiger partial charge on any atom is -0.324 e. The van der Waals surface area contributed by atoms with E-state index in [9.17, 15) is 4.79 Å². The smallest absolute Gasteiger partial charge is 0.234 e. The second-order valence-electron chi connectivity index (χ2n) is 3.58. The number of amides is 1. The monoisotopic (exact) mass is 290 g/mol. The zero-order valence-corrected chi connectivity index (χ0v) is 11.7. The zero-order chi connectivity index (χ0) is 13.7. The van der Waals surface area contributed by atoms with Gasteiger partial charge in [0, 0.05) is 0 Å². The summed E-state index contributed by atoms with van der Waals surface area (Å²) in [6, 6.07) is 8.94. The third-order valence-electron chi connectivity index (χ3n) is 2.16. The molecule has 1 amide bonds. The van der Waals surface area contributed by atoms with Gasteiger partial charge in [-0.3, -0.25) is 4.79 Å². The van der Waals surface area contributed by atoms with Crippen molar-refractivity contribution in [2.24, 2.45) is 0 Å². The number of rotatable bonds is 4. The fourth-order valence-corrected chi connectivity index (χ4v) is 2.96. The van der Waals surface area contributed by atoms with Crippen LogP contribution in [0, 0.1) is 18.3 Å². The highest BCUT2D eigenvalue weighted by atomic mass is 32.2. The summed E-state index contributed by atoms with van der Waals surface area (Å²) in [6.45, 7) is 1.87. The minimum atomic E-state index is -0.166. The molecule has 0 spiro atoms. The lowest BCUT2D eigenvalue weighted by atomic mass is 10.2. The molecule has 0 saturated heterocycles. The highest BCUT2D eigenvalue weighted by Crippen LogP contribution is 2.22. The number of carbonyl (C=O) groups is 1. The van der Waals surface area contributed by atoms with E-state index in [4.69, 9.17) is 5.26 Å². The van der Waals surface area contributed by atoms with E-state index in [2.05, 4.69) is 15.5 Å². The Labute approximate surface area is 118 Å². The van der Waals surface area contributed by atoms with Crippen LogP contribution >= 0.6 is 23.1 Å². The van der Waals surface area contributed by atoms with E-state index in [0.717, 1.165) is 9.35 Å². The molecule has 1 aromatic heterocycles. The molecule has 0 unspecified atom stereocenters. The fraction of sp³-hybridized carbons (Fsp3) is 0.167. The molecular weight excluding hydrogens is 280 g/mol. The SMILES string of the molecule is Cc1nnc(SCC(=O)Nc2ccccc2C#N)s1. The van der Waals surface area contributed by atoms with Crippen molar-refractivity contribution in [1.82, 2.24) is 10.2 Å². The van der Waals surface area contributed by atoms with Gasteiger partial charge in [-0.05, 0) is 19.1 Å². The predicted molar refractivity (Wildman–Crippen MR) is 75.2 cm³/mol. The number of nitriles is 1. The Morgan fingerprint density at radius 1 is 1.47 bits per heavy atom. The molecule has 2 aromatic rings. The second-order valence-corrected chi connectivity index (χ2v) is 5.99. The lowest BCUT2D eigenvalue weighted by Crippen LogP contribution is -2.14. The summed E-state index contributed by atoms with van der Waals surface area (Å²) in [6.07, 6.45) is 0. The minimum absolute atomic E-state index is 0.166. The lowest BCUT2D eigenvalue weighted by molar-refractivity contribution is -0.113.